The number of carbonyl (C=O) groups excluding carboxylic acids is 2. The van der Waals surface area contributed by atoms with Crippen molar-refractivity contribution >= 4 is 18.2 Å². The van der Waals surface area contributed by atoms with Gasteiger partial charge < -0.3 is 20.1 Å². The lowest BCUT2D eigenvalue weighted by Crippen LogP contribution is -2.34. The average Bonchev–Trinajstić information content (AvgIpc) is 3.10. The highest BCUT2D eigenvalue weighted by molar-refractivity contribution is 6.11. The molecule has 28 heavy (non-hydrogen) atoms. The van der Waals surface area contributed by atoms with Crippen LogP contribution in [0.2, 0.25) is 0 Å². The van der Waals surface area contributed by atoms with Crippen LogP contribution in [0, 0.1) is 5.92 Å². The van der Waals surface area contributed by atoms with Gasteiger partial charge in [0.2, 0.25) is 6.41 Å². The van der Waals surface area contributed by atoms with Gasteiger partial charge in [-0.15, -0.1) is 0 Å². The number of hydrogen-bond acceptors (Lipinski definition) is 5. The Kier molecular flexibility index (Phi) is 10.1. The van der Waals surface area contributed by atoms with Gasteiger partial charge in [0.25, 0.3) is 5.91 Å². The first-order valence-corrected chi connectivity index (χ1v) is 9.54. The van der Waals surface area contributed by atoms with E-state index < -0.39 is 6.10 Å². The molecule has 1 aliphatic heterocycles. The van der Waals surface area contributed by atoms with E-state index in [0.717, 1.165) is 6.42 Å². The van der Waals surface area contributed by atoms with Crippen molar-refractivity contribution in [2.24, 2.45) is 10.9 Å². The van der Waals surface area contributed by atoms with Crippen LogP contribution in [0.5, 0.6) is 0 Å². The summed E-state index contributed by atoms with van der Waals surface area (Å²) in [5.74, 6) is 0.0196. The molecule has 2 N–H and O–H groups in total. The lowest BCUT2D eigenvalue weighted by Gasteiger charge is -2.26. The van der Waals surface area contributed by atoms with Crippen molar-refractivity contribution in [1.82, 2.24) is 10.2 Å². The van der Waals surface area contributed by atoms with E-state index in [-0.39, 0.29) is 30.0 Å². The molecule has 1 aromatic carbocycles. The minimum Gasteiger partial charge on any atom is -0.391 e. The second-order valence-corrected chi connectivity index (χ2v) is 6.44. The number of amides is 2. The van der Waals surface area contributed by atoms with Gasteiger partial charge in [-0.05, 0) is 31.6 Å². The first kappa shape index (κ1) is 23.5. The van der Waals surface area contributed by atoms with Gasteiger partial charge in [-0.2, -0.15) is 4.99 Å². The highest BCUT2D eigenvalue weighted by Gasteiger charge is 2.36. The molecule has 7 nitrogen and oxygen atoms in total. The number of carbonyl (C=O) groups is 2. The minimum atomic E-state index is -0.530. The third kappa shape index (κ3) is 6.90. The highest BCUT2D eigenvalue weighted by Crippen LogP contribution is 2.29. The molecule has 2 amide bonds. The third-order valence-electron chi connectivity index (χ3n) is 4.28. The normalized spacial score (nSPS) is 22.9. The Labute approximate surface area is 167 Å². The molecule has 0 spiro atoms. The first-order valence-electron chi connectivity index (χ1n) is 9.54. The standard InChI is InChI=1S/C19H25N3O4.C2H6/c1-13-11-16(14(2)24)26-19(13)22(3)10-9-17(20-12-23)21-18(25)15-7-5-4-6-8-15;1-2/h4-10,12-14,16,19,24H,11H2,1-3H3,(H,20,21,23,25);1-2H3/b10-9-;. The zero-order valence-corrected chi connectivity index (χ0v) is 17.2. The number of aliphatic hydroxyl groups is 1. The van der Waals surface area contributed by atoms with Gasteiger partial charge in [0, 0.05) is 24.7 Å². The molecule has 154 valence electrons. The molecule has 4 unspecified atom stereocenters. The Balaban J connectivity index is 0.00000190. The number of nitrogens with one attached hydrogen (secondary N) is 1. The van der Waals surface area contributed by atoms with Crippen LogP contribution in [0.4, 0.5) is 0 Å². The van der Waals surface area contributed by atoms with Gasteiger partial charge in [-0.25, -0.2) is 0 Å². The molecule has 0 saturated carbocycles. The molecule has 0 radical (unpaired) electrons. The van der Waals surface area contributed by atoms with Gasteiger partial charge in [-0.1, -0.05) is 39.0 Å². The number of nitrogens with zero attached hydrogens (tertiary/aromatic N) is 2. The molecular formula is C21H31N3O4. The fourth-order valence-corrected chi connectivity index (χ4v) is 2.88. The van der Waals surface area contributed by atoms with E-state index in [1.807, 2.05) is 31.9 Å². The number of hydrogen-bond donors (Lipinski definition) is 2. The molecule has 4 atom stereocenters. The number of rotatable bonds is 6. The van der Waals surface area contributed by atoms with Crippen molar-refractivity contribution < 1.29 is 19.4 Å². The maximum atomic E-state index is 12.2. The van der Waals surface area contributed by atoms with Crippen molar-refractivity contribution in [3.63, 3.8) is 0 Å². The van der Waals surface area contributed by atoms with Crippen molar-refractivity contribution in [1.29, 1.82) is 0 Å². The Morgan fingerprint density at radius 3 is 2.54 bits per heavy atom. The van der Waals surface area contributed by atoms with Crippen LogP contribution < -0.4 is 5.32 Å². The van der Waals surface area contributed by atoms with Gasteiger partial charge >= 0.3 is 0 Å². The summed E-state index contributed by atoms with van der Waals surface area (Å²) in [7, 11) is 1.83. The molecule has 0 aromatic heterocycles. The molecule has 1 aliphatic rings. The van der Waals surface area contributed by atoms with E-state index in [9.17, 15) is 14.7 Å². The smallest absolute Gasteiger partial charge is 0.256 e. The summed E-state index contributed by atoms with van der Waals surface area (Å²) >= 11 is 0. The SMILES string of the molecule is CC.CC(O)C1CC(C)C(N(C)/C=C\C(=NC=O)NC(=O)c2ccccc2)O1. The zero-order valence-electron chi connectivity index (χ0n) is 17.2. The summed E-state index contributed by atoms with van der Waals surface area (Å²) < 4.78 is 5.87. The van der Waals surface area contributed by atoms with E-state index in [1.165, 1.54) is 0 Å². The van der Waals surface area contributed by atoms with E-state index >= 15 is 0 Å². The number of aliphatic hydroxyl groups excluding tert-OH is 1. The molecule has 1 heterocycles. The van der Waals surface area contributed by atoms with Gasteiger partial charge in [0.1, 0.15) is 12.1 Å². The molecule has 7 heteroatoms. The number of amidine groups is 1. The Morgan fingerprint density at radius 2 is 2.00 bits per heavy atom. The average molecular weight is 389 g/mol. The largest absolute Gasteiger partial charge is 0.391 e. The maximum Gasteiger partial charge on any atom is 0.256 e. The van der Waals surface area contributed by atoms with Gasteiger partial charge in [0.15, 0.2) is 0 Å². The second-order valence-electron chi connectivity index (χ2n) is 6.44. The summed E-state index contributed by atoms with van der Waals surface area (Å²) in [5, 5.41) is 12.3. The van der Waals surface area contributed by atoms with Crippen molar-refractivity contribution in [3.05, 3.63) is 48.2 Å². The van der Waals surface area contributed by atoms with Crippen LogP contribution in [0.1, 0.15) is 44.5 Å². The Morgan fingerprint density at radius 1 is 1.36 bits per heavy atom. The first-order chi connectivity index (χ1) is 13.4. The zero-order chi connectivity index (χ0) is 21.1. The predicted molar refractivity (Wildman–Crippen MR) is 110 cm³/mol. The monoisotopic (exact) mass is 389 g/mol. The summed E-state index contributed by atoms with van der Waals surface area (Å²) in [6.07, 6.45) is 3.45. The quantitative estimate of drug-likeness (QED) is 0.443. The number of aliphatic imine (C=N–C) groups is 1. The van der Waals surface area contributed by atoms with Crippen molar-refractivity contribution in [3.8, 4) is 0 Å². The lowest BCUT2D eigenvalue weighted by atomic mass is 10.0. The van der Waals surface area contributed by atoms with Gasteiger partial charge in [-0.3, -0.25) is 9.59 Å². The number of benzene rings is 1. The summed E-state index contributed by atoms with van der Waals surface area (Å²) in [4.78, 5) is 28.5. The molecule has 2 rings (SSSR count). The van der Waals surface area contributed by atoms with Crippen LogP contribution in [0.15, 0.2) is 47.6 Å². The van der Waals surface area contributed by atoms with E-state index in [2.05, 4.69) is 17.2 Å². The van der Waals surface area contributed by atoms with E-state index in [4.69, 9.17) is 4.74 Å². The number of ether oxygens (including phenoxy) is 1. The summed E-state index contributed by atoms with van der Waals surface area (Å²) in [5.41, 5.74) is 0.473. The molecule has 1 fully saturated rings. The maximum absolute atomic E-state index is 12.2. The van der Waals surface area contributed by atoms with Crippen LogP contribution in [0.3, 0.4) is 0 Å². The lowest BCUT2D eigenvalue weighted by molar-refractivity contribution is -0.106. The fourth-order valence-electron chi connectivity index (χ4n) is 2.88. The molecule has 0 aliphatic carbocycles. The van der Waals surface area contributed by atoms with Crippen molar-refractivity contribution in [2.75, 3.05) is 7.05 Å². The molecule has 0 bridgehead atoms. The molecule has 1 saturated heterocycles. The van der Waals surface area contributed by atoms with Crippen LogP contribution in [-0.4, -0.2) is 53.6 Å². The highest BCUT2D eigenvalue weighted by atomic mass is 16.5. The molecular weight excluding hydrogens is 358 g/mol. The topological polar surface area (TPSA) is 91.2 Å². The second kappa shape index (κ2) is 12.0. The minimum absolute atomic E-state index is 0.137. The van der Waals surface area contributed by atoms with Gasteiger partial charge in [0.05, 0.1) is 12.2 Å². The summed E-state index contributed by atoms with van der Waals surface area (Å²) in [6, 6.07) is 8.68. The Bertz CT molecular complexity index is 673. The predicted octanol–water partition coefficient (Wildman–Crippen LogP) is 2.57. The van der Waals surface area contributed by atoms with E-state index in [0.29, 0.717) is 12.0 Å². The van der Waals surface area contributed by atoms with Crippen LogP contribution in [-0.2, 0) is 9.53 Å². The fraction of sp³-hybridized carbons (Fsp3) is 0.476. The van der Waals surface area contributed by atoms with Crippen LogP contribution >= 0.6 is 0 Å². The molecule has 1 aromatic rings. The summed E-state index contributed by atoms with van der Waals surface area (Å²) in [6.45, 7) is 7.76. The van der Waals surface area contributed by atoms with Crippen molar-refractivity contribution in [2.45, 2.75) is 52.6 Å². The third-order valence-corrected chi connectivity index (χ3v) is 4.28. The van der Waals surface area contributed by atoms with Crippen LogP contribution in [0.25, 0.3) is 0 Å². The van der Waals surface area contributed by atoms with E-state index in [1.54, 1.807) is 43.5 Å². The Hall–Kier alpha value is -2.51.